The molecule has 5 fully saturated rings. The van der Waals surface area contributed by atoms with Gasteiger partial charge in [0.15, 0.2) is 0 Å². The highest BCUT2D eigenvalue weighted by Crippen LogP contribution is 2.60. The minimum absolute atomic E-state index is 0.0991. The normalized spacial score (nSPS) is 39.6. The first-order chi connectivity index (χ1) is 11.5. The second kappa shape index (κ2) is 6.05. The maximum absolute atomic E-state index is 12.7. The van der Waals surface area contributed by atoms with E-state index in [4.69, 9.17) is 9.47 Å². The number of esters is 2. The lowest BCUT2D eigenvalue weighted by molar-refractivity contribution is -0.160. The van der Waals surface area contributed by atoms with Crippen LogP contribution in [0.1, 0.15) is 51.4 Å². The Morgan fingerprint density at radius 3 is 2.29 bits per heavy atom. The Labute approximate surface area is 141 Å². The van der Waals surface area contributed by atoms with E-state index in [1.165, 1.54) is 19.3 Å². The van der Waals surface area contributed by atoms with Crippen molar-refractivity contribution in [2.75, 3.05) is 13.2 Å². The van der Waals surface area contributed by atoms with Gasteiger partial charge in [-0.2, -0.15) is 0 Å². The molecule has 1 amide bonds. The van der Waals surface area contributed by atoms with Gasteiger partial charge in [-0.1, -0.05) is 0 Å². The van der Waals surface area contributed by atoms with Crippen molar-refractivity contribution in [3.05, 3.63) is 0 Å². The van der Waals surface area contributed by atoms with Crippen LogP contribution in [-0.2, 0) is 23.9 Å². The largest absolute Gasteiger partial charge is 0.463 e. The second-order valence-electron chi connectivity index (χ2n) is 8.14. The molecule has 0 radical (unpaired) electrons. The zero-order chi connectivity index (χ0) is 16.7. The van der Waals surface area contributed by atoms with E-state index in [9.17, 15) is 14.4 Å². The van der Waals surface area contributed by atoms with Crippen molar-refractivity contribution in [3.63, 3.8) is 0 Å². The molecule has 5 rings (SSSR count). The lowest BCUT2D eigenvalue weighted by Gasteiger charge is -2.55. The average molecular weight is 335 g/mol. The van der Waals surface area contributed by atoms with Gasteiger partial charge in [-0.25, -0.2) is 4.79 Å². The molecular weight excluding hydrogens is 310 g/mol. The zero-order valence-electron chi connectivity index (χ0n) is 13.9. The maximum Gasteiger partial charge on any atom is 0.347 e. The molecule has 0 aromatic rings. The molecule has 6 nitrogen and oxygen atoms in total. The summed E-state index contributed by atoms with van der Waals surface area (Å²) in [5.74, 6) is 1.36. The summed E-state index contributed by atoms with van der Waals surface area (Å²) in [4.78, 5) is 35.8. The fraction of sp³-hybridized carbons (Fsp3) is 0.833. The van der Waals surface area contributed by atoms with E-state index in [1.54, 1.807) is 0 Å². The molecule has 4 bridgehead atoms. The predicted octanol–water partition coefficient (Wildman–Crippen LogP) is 1.57. The van der Waals surface area contributed by atoms with E-state index in [0.717, 1.165) is 37.0 Å². The Morgan fingerprint density at radius 1 is 1.12 bits per heavy atom. The van der Waals surface area contributed by atoms with Crippen molar-refractivity contribution < 1.29 is 23.9 Å². The van der Waals surface area contributed by atoms with Crippen LogP contribution in [0, 0.1) is 23.2 Å². The molecule has 0 spiro atoms. The van der Waals surface area contributed by atoms with Gasteiger partial charge >= 0.3 is 11.9 Å². The lowest BCUT2D eigenvalue weighted by atomic mass is 9.49. The number of rotatable bonds is 5. The molecule has 1 heterocycles. The van der Waals surface area contributed by atoms with E-state index in [2.05, 4.69) is 5.32 Å². The van der Waals surface area contributed by atoms with E-state index in [1.807, 2.05) is 0 Å². The summed E-state index contributed by atoms with van der Waals surface area (Å²) >= 11 is 0. The van der Waals surface area contributed by atoms with Crippen LogP contribution >= 0.6 is 0 Å². The van der Waals surface area contributed by atoms with Crippen molar-refractivity contribution >= 4 is 17.8 Å². The molecule has 4 aliphatic carbocycles. The minimum Gasteiger partial charge on any atom is -0.463 e. The molecule has 6 heteroatoms. The SMILES string of the molecule is O=C(CCNC(=O)C12CC3CC(CC(C3)C1)C2)O[C@H]1CCOC1=O. The molecule has 4 saturated carbocycles. The average Bonchev–Trinajstić information content (AvgIpc) is 2.91. The maximum atomic E-state index is 12.7. The molecule has 132 valence electrons. The highest BCUT2D eigenvalue weighted by atomic mass is 16.6. The Balaban J connectivity index is 1.25. The van der Waals surface area contributed by atoms with E-state index in [0.29, 0.717) is 13.0 Å². The van der Waals surface area contributed by atoms with E-state index >= 15 is 0 Å². The summed E-state index contributed by atoms with van der Waals surface area (Å²) in [6.45, 7) is 0.584. The van der Waals surface area contributed by atoms with Crippen molar-refractivity contribution in [1.29, 1.82) is 0 Å². The predicted molar refractivity (Wildman–Crippen MR) is 83.7 cm³/mol. The monoisotopic (exact) mass is 335 g/mol. The fourth-order valence-electron chi connectivity index (χ4n) is 5.66. The second-order valence-corrected chi connectivity index (χ2v) is 8.14. The molecule has 0 aromatic carbocycles. The van der Waals surface area contributed by atoms with Gasteiger partial charge in [0.2, 0.25) is 12.0 Å². The summed E-state index contributed by atoms with van der Waals surface area (Å²) in [6, 6.07) is 0. The Morgan fingerprint density at radius 2 is 1.75 bits per heavy atom. The number of carbonyl (C=O) groups is 3. The third kappa shape index (κ3) is 2.91. The van der Waals surface area contributed by atoms with Crippen molar-refractivity contribution in [2.24, 2.45) is 23.2 Å². The molecule has 0 aromatic heterocycles. The third-order valence-electron chi connectivity index (χ3n) is 6.30. The standard InChI is InChI=1S/C18H25NO5/c20-15(24-14-2-4-23-16(14)21)1-3-19-17(22)18-8-11-5-12(9-18)7-13(6-11)10-18/h11-14H,1-10H2,(H,19,22)/t11?,12?,13?,14-,18?/m0/s1. The fourth-order valence-corrected chi connectivity index (χ4v) is 5.66. The van der Waals surface area contributed by atoms with Gasteiger partial charge in [0.1, 0.15) is 0 Å². The van der Waals surface area contributed by atoms with Crippen molar-refractivity contribution in [3.8, 4) is 0 Å². The van der Waals surface area contributed by atoms with Crippen LogP contribution in [-0.4, -0.2) is 37.1 Å². The molecule has 1 atom stereocenters. The smallest absolute Gasteiger partial charge is 0.347 e. The molecular formula is C18H25NO5. The van der Waals surface area contributed by atoms with E-state index in [-0.39, 0.29) is 24.3 Å². The van der Waals surface area contributed by atoms with Gasteiger partial charge in [-0.15, -0.1) is 0 Å². The summed E-state index contributed by atoms with van der Waals surface area (Å²) in [7, 11) is 0. The number of carbonyl (C=O) groups excluding carboxylic acids is 3. The molecule has 1 aliphatic heterocycles. The highest BCUT2D eigenvalue weighted by molar-refractivity contribution is 5.84. The van der Waals surface area contributed by atoms with Crippen LogP contribution in [0.25, 0.3) is 0 Å². The van der Waals surface area contributed by atoms with E-state index < -0.39 is 18.0 Å². The van der Waals surface area contributed by atoms with Gasteiger partial charge in [0.05, 0.1) is 13.0 Å². The highest BCUT2D eigenvalue weighted by Gasteiger charge is 2.54. The first-order valence-electron chi connectivity index (χ1n) is 9.18. The molecule has 5 aliphatic rings. The Bertz CT molecular complexity index is 522. The summed E-state index contributed by atoms with van der Waals surface area (Å²) in [5.41, 5.74) is -0.187. The van der Waals surface area contributed by atoms with Crippen LogP contribution in [0.15, 0.2) is 0 Å². The number of cyclic esters (lactones) is 1. The van der Waals surface area contributed by atoms with Crippen molar-refractivity contribution in [2.45, 2.75) is 57.5 Å². The quantitative estimate of drug-likeness (QED) is 0.771. The van der Waals surface area contributed by atoms with Gasteiger partial charge in [0.25, 0.3) is 0 Å². The van der Waals surface area contributed by atoms with Gasteiger partial charge in [0, 0.05) is 18.4 Å². The van der Waals surface area contributed by atoms with Gasteiger partial charge < -0.3 is 14.8 Å². The molecule has 24 heavy (non-hydrogen) atoms. The minimum atomic E-state index is -0.767. The molecule has 0 unspecified atom stereocenters. The number of ether oxygens (including phenoxy) is 2. The number of nitrogens with one attached hydrogen (secondary N) is 1. The van der Waals surface area contributed by atoms with Crippen LogP contribution in [0.3, 0.4) is 0 Å². The lowest BCUT2D eigenvalue weighted by Crippen LogP contribution is -2.53. The van der Waals surface area contributed by atoms with Crippen LogP contribution in [0.5, 0.6) is 0 Å². The zero-order valence-corrected chi connectivity index (χ0v) is 13.9. The van der Waals surface area contributed by atoms with Gasteiger partial charge in [-0.05, 0) is 56.3 Å². The number of amides is 1. The summed E-state index contributed by atoms with van der Waals surface area (Å²) in [6.07, 6.45) is 6.71. The first-order valence-corrected chi connectivity index (χ1v) is 9.18. The van der Waals surface area contributed by atoms with Gasteiger partial charge in [-0.3, -0.25) is 9.59 Å². The first kappa shape index (κ1) is 15.9. The number of hydrogen-bond donors (Lipinski definition) is 1. The molecule has 1 N–H and O–H groups in total. The van der Waals surface area contributed by atoms with Crippen LogP contribution in [0.2, 0.25) is 0 Å². The topological polar surface area (TPSA) is 81.7 Å². The number of hydrogen-bond acceptors (Lipinski definition) is 5. The third-order valence-corrected chi connectivity index (χ3v) is 6.30. The van der Waals surface area contributed by atoms with Crippen LogP contribution < -0.4 is 5.32 Å². The van der Waals surface area contributed by atoms with Crippen LogP contribution in [0.4, 0.5) is 0 Å². The summed E-state index contributed by atoms with van der Waals surface area (Å²) < 4.78 is 9.85. The molecule has 1 saturated heterocycles. The summed E-state index contributed by atoms with van der Waals surface area (Å²) in [5, 5.41) is 2.95. The van der Waals surface area contributed by atoms with Crippen molar-refractivity contribution in [1.82, 2.24) is 5.32 Å². The Kier molecular flexibility index (Phi) is 4.01. The Hall–Kier alpha value is -1.59.